The van der Waals surface area contributed by atoms with Gasteiger partial charge in [0.05, 0.1) is 0 Å². The van der Waals surface area contributed by atoms with Crippen LogP contribution >= 0.6 is 0 Å². The first-order valence-corrected chi connectivity index (χ1v) is 4.62. The average molecular weight is 241 g/mol. The number of halogens is 2. The van der Waals surface area contributed by atoms with Crippen LogP contribution in [0.2, 0.25) is 0 Å². The molecule has 0 unspecified atom stereocenters. The molecule has 8 heteroatoms. The Labute approximate surface area is 94.8 Å². The molecule has 0 saturated heterocycles. The number of aromatic nitrogens is 3. The highest BCUT2D eigenvalue weighted by Gasteiger charge is 2.14. The van der Waals surface area contributed by atoms with Crippen LogP contribution in [0.3, 0.4) is 0 Å². The third-order valence-electron chi connectivity index (χ3n) is 1.92. The number of nitrogens with two attached hydrogens (primary N) is 1. The molecule has 0 saturated carbocycles. The molecule has 0 aliphatic carbocycles. The van der Waals surface area contributed by atoms with Crippen molar-refractivity contribution in [3.05, 3.63) is 29.5 Å². The average Bonchev–Trinajstić information content (AvgIpc) is 2.68. The number of anilines is 1. The van der Waals surface area contributed by atoms with Crippen molar-refractivity contribution >= 4 is 5.82 Å². The predicted octanol–water partition coefficient (Wildman–Crippen LogP) is 1.47. The van der Waals surface area contributed by atoms with Crippen LogP contribution in [-0.4, -0.2) is 15.2 Å². The van der Waals surface area contributed by atoms with Crippen molar-refractivity contribution in [1.82, 2.24) is 15.2 Å². The van der Waals surface area contributed by atoms with Crippen molar-refractivity contribution in [2.24, 2.45) is 5.84 Å². The van der Waals surface area contributed by atoms with Gasteiger partial charge in [-0.25, -0.2) is 14.6 Å². The maximum Gasteiger partial charge on any atom is 0.259 e. The summed E-state index contributed by atoms with van der Waals surface area (Å²) in [7, 11) is 0. The van der Waals surface area contributed by atoms with E-state index in [9.17, 15) is 8.78 Å². The van der Waals surface area contributed by atoms with Crippen LogP contribution in [0.1, 0.15) is 5.69 Å². The summed E-state index contributed by atoms with van der Waals surface area (Å²) in [6, 6.07) is 2.16. The van der Waals surface area contributed by atoms with Gasteiger partial charge < -0.3 is 10.2 Å². The highest BCUT2D eigenvalue weighted by atomic mass is 19.1. The Balaban J connectivity index is 2.32. The Morgan fingerprint density at radius 3 is 2.71 bits per heavy atom. The number of pyridine rings is 1. The molecule has 2 aromatic rings. The van der Waals surface area contributed by atoms with Crippen LogP contribution in [0.4, 0.5) is 14.6 Å². The third-order valence-corrected chi connectivity index (χ3v) is 1.92. The molecule has 6 nitrogen and oxygen atoms in total. The smallest absolute Gasteiger partial charge is 0.259 e. The number of rotatable bonds is 3. The standard InChI is InChI=1S/C9H9F2N5O/c1-4-2-7(16-15-4)17-9-6(11)3-5(10)8(13-9)14-12/h2-3H,12H2,1H3,(H,13,14)(H,15,16). The number of nitrogens with zero attached hydrogens (tertiary/aromatic N) is 2. The van der Waals surface area contributed by atoms with Gasteiger partial charge in [-0.2, -0.15) is 4.98 Å². The zero-order valence-electron chi connectivity index (χ0n) is 8.79. The molecule has 0 aliphatic rings. The zero-order chi connectivity index (χ0) is 12.4. The largest absolute Gasteiger partial charge is 0.416 e. The maximum absolute atomic E-state index is 13.3. The minimum absolute atomic E-state index is 0.128. The van der Waals surface area contributed by atoms with E-state index in [1.807, 2.05) is 5.43 Å². The monoisotopic (exact) mass is 241 g/mol. The quantitative estimate of drug-likeness (QED) is 0.559. The summed E-state index contributed by atoms with van der Waals surface area (Å²) < 4.78 is 31.4. The summed E-state index contributed by atoms with van der Waals surface area (Å²) in [6.45, 7) is 1.75. The Kier molecular flexibility index (Phi) is 2.88. The van der Waals surface area contributed by atoms with E-state index in [4.69, 9.17) is 10.6 Å². The lowest BCUT2D eigenvalue weighted by atomic mass is 10.4. The number of ether oxygens (including phenoxy) is 1. The molecular formula is C9H9F2N5O. The van der Waals surface area contributed by atoms with Crippen molar-refractivity contribution < 1.29 is 13.5 Å². The summed E-state index contributed by atoms with van der Waals surface area (Å²) in [6.07, 6.45) is 0. The molecular weight excluding hydrogens is 232 g/mol. The van der Waals surface area contributed by atoms with Crippen LogP contribution in [0.15, 0.2) is 12.1 Å². The summed E-state index contributed by atoms with van der Waals surface area (Å²) in [4.78, 5) is 3.53. The van der Waals surface area contributed by atoms with Crippen molar-refractivity contribution in [1.29, 1.82) is 0 Å². The molecule has 2 rings (SSSR count). The lowest BCUT2D eigenvalue weighted by molar-refractivity contribution is 0.404. The molecule has 0 atom stereocenters. The topological polar surface area (TPSA) is 88.8 Å². The van der Waals surface area contributed by atoms with Crippen LogP contribution in [0.25, 0.3) is 0 Å². The lowest BCUT2D eigenvalue weighted by Gasteiger charge is -2.05. The number of H-pyrrole nitrogens is 1. The minimum Gasteiger partial charge on any atom is -0.416 e. The van der Waals surface area contributed by atoms with Crippen molar-refractivity contribution in [3.63, 3.8) is 0 Å². The van der Waals surface area contributed by atoms with E-state index >= 15 is 0 Å². The molecule has 4 N–H and O–H groups in total. The molecule has 0 amide bonds. The van der Waals surface area contributed by atoms with Gasteiger partial charge in [0.2, 0.25) is 5.88 Å². The molecule has 0 aromatic carbocycles. The van der Waals surface area contributed by atoms with E-state index in [0.717, 1.165) is 5.69 Å². The van der Waals surface area contributed by atoms with E-state index in [0.29, 0.717) is 6.07 Å². The third kappa shape index (κ3) is 2.31. The first-order chi connectivity index (χ1) is 8.10. The van der Waals surface area contributed by atoms with Gasteiger partial charge >= 0.3 is 0 Å². The second-order valence-electron chi connectivity index (χ2n) is 3.24. The fourth-order valence-electron chi connectivity index (χ4n) is 1.17. The summed E-state index contributed by atoms with van der Waals surface area (Å²) >= 11 is 0. The predicted molar refractivity (Wildman–Crippen MR) is 55.4 cm³/mol. The van der Waals surface area contributed by atoms with E-state index in [2.05, 4.69) is 15.2 Å². The number of nitrogens with one attached hydrogen (secondary N) is 2. The van der Waals surface area contributed by atoms with Crippen LogP contribution in [-0.2, 0) is 0 Å². The molecule has 0 fully saturated rings. The molecule has 0 aliphatic heterocycles. The lowest BCUT2D eigenvalue weighted by Crippen LogP contribution is -2.11. The molecule has 17 heavy (non-hydrogen) atoms. The number of hydrogen-bond donors (Lipinski definition) is 3. The first kappa shape index (κ1) is 11.3. The van der Waals surface area contributed by atoms with E-state index in [-0.39, 0.29) is 11.7 Å². The fraction of sp³-hybridized carbons (Fsp3) is 0.111. The maximum atomic E-state index is 13.3. The summed E-state index contributed by atoms with van der Waals surface area (Å²) in [5.41, 5.74) is 2.73. The molecule has 2 heterocycles. The van der Waals surface area contributed by atoms with E-state index in [1.54, 1.807) is 13.0 Å². The fourth-order valence-corrected chi connectivity index (χ4v) is 1.17. The first-order valence-electron chi connectivity index (χ1n) is 4.62. The Bertz CT molecular complexity index is 542. The molecule has 0 spiro atoms. The number of hydrazine groups is 1. The minimum atomic E-state index is -0.942. The Morgan fingerprint density at radius 2 is 2.12 bits per heavy atom. The molecule has 0 radical (unpaired) electrons. The van der Waals surface area contributed by atoms with Crippen LogP contribution in [0.5, 0.6) is 11.8 Å². The second-order valence-corrected chi connectivity index (χ2v) is 3.24. The molecule has 2 aromatic heterocycles. The number of nitrogen functional groups attached to an aromatic ring is 1. The van der Waals surface area contributed by atoms with Crippen molar-refractivity contribution in [2.75, 3.05) is 5.43 Å². The Hall–Kier alpha value is -2.22. The molecule has 90 valence electrons. The van der Waals surface area contributed by atoms with Gasteiger partial charge in [-0.05, 0) is 6.92 Å². The van der Waals surface area contributed by atoms with Gasteiger partial charge in [0.25, 0.3) is 5.88 Å². The van der Waals surface area contributed by atoms with Crippen LogP contribution < -0.4 is 16.0 Å². The number of aryl methyl sites for hydroxylation is 1. The van der Waals surface area contributed by atoms with Gasteiger partial charge in [-0.15, -0.1) is 5.10 Å². The highest BCUT2D eigenvalue weighted by molar-refractivity contribution is 5.39. The van der Waals surface area contributed by atoms with E-state index < -0.39 is 17.5 Å². The SMILES string of the molecule is Cc1cc(Oc2nc(NN)c(F)cc2F)n[nH]1. The van der Waals surface area contributed by atoms with E-state index in [1.165, 1.54) is 0 Å². The Morgan fingerprint density at radius 1 is 1.35 bits per heavy atom. The molecule has 0 bridgehead atoms. The van der Waals surface area contributed by atoms with Gasteiger partial charge in [-0.1, -0.05) is 0 Å². The summed E-state index contributed by atoms with van der Waals surface area (Å²) in [5.74, 6) is 2.57. The zero-order valence-corrected chi connectivity index (χ0v) is 8.79. The number of hydrogen-bond acceptors (Lipinski definition) is 5. The van der Waals surface area contributed by atoms with Gasteiger partial charge in [0, 0.05) is 17.8 Å². The normalized spacial score (nSPS) is 10.4. The van der Waals surface area contributed by atoms with Gasteiger partial charge in [0.15, 0.2) is 17.5 Å². The highest BCUT2D eigenvalue weighted by Crippen LogP contribution is 2.24. The van der Waals surface area contributed by atoms with Crippen molar-refractivity contribution in [2.45, 2.75) is 6.92 Å². The van der Waals surface area contributed by atoms with Crippen molar-refractivity contribution in [3.8, 4) is 11.8 Å². The van der Waals surface area contributed by atoms with Gasteiger partial charge in [-0.3, -0.25) is 5.10 Å². The second kappa shape index (κ2) is 4.34. The number of aromatic amines is 1. The summed E-state index contributed by atoms with van der Waals surface area (Å²) in [5, 5.41) is 6.34. The van der Waals surface area contributed by atoms with Gasteiger partial charge in [0.1, 0.15) is 0 Å². The van der Waals surface area contributed by atoms with Crippen LogP contribution in [0, 0.1) is 18.6 Å².